The van der Waals surface area contributed by atoms with Crippen LogP contribution in [0.5, 0.6) is 0 Å². The average Bonchev–Trinajstić information content (AvgIpc) is 2.70. The molecule has 5 heteroatoms. The van der Waals surface area contributed by atoms with E-state index in [4.69, 9.17) is 5.11 Å². The van der Waals surface area contributed by atoms with Crippen LogP contribution in [-0.4, -0.2) is 39.5 Å². The predicted molar refractivity (Wildman–Crippen MR) is 66.4 cm³/mol. The molecule has 0 unspecified atom stereocenters. The topological polar surface area (TPSA) is 62.5 Å². The highest BCUT2D eigenvalue weighted by Gasteiger charge is 2.33. The van der Waals surface area contributed by atoms with E-state index in [1.54, 1.807) is 4.90 Å². The smallest absolute Gasteiger partial charge is 0.303 e. The number of aliphatic carboxylic acids is 1. The minimum atomic E-state index is -0.790. The molecule has 0 aliphatic carbocycles. The average molecular weight is 250 g/mol. The number of carboxylic acids is 1. The van der Waals surface area contributed by atoms with E-state index >= 15 is 0 Å². The zero-order chi connectivity index (χ0) is 13.1. The molecule has 18 heavy (non-hydrogen) atoms. The Bertz CT molecular complexity index is 447. The summed E-state index contributed by atoms with van der Waals surface area (Å²) in [4.78, 5) is 24.4. The number of aromatic nitrogens is 1. The van der Waals surface area contributed by atoms with Crippen LogP contribution >= 0.6 is 0 Å². The maximum atomic E-state index is 12.2. The lowest BCUT2D eigenvalue weighted by atomic mass is 9.96. The molecule has 0 bridgehead atoms. The summed E-state index contributed by atoms with van der Waals surface area (Å²) < 4.78 is 1.95. The second-order valence-electron chi connectivity index (χ2n) is 4.76. The van der Waals surface area contributed by atoms with Gasteiger partial charge in [-0.1, -0.05) is 6.92 Å². The molecule has 1 N–H and O–H groups in total. The van der Waals surface area contributed by atoms with Crippen molar-refractivity contribution < 1.29 is 14.7 Å². The van der Waals surface area contributed by atoms with Gasteiger partial charge in [0.25, 0.3) is 5.91 Å². The first kappa shape index (κ1) is 12.7. The first-order valence-electron chi connectivity index (χ1n) is 6.28. The number of hydrogen-bond donors (Lipinski definition) is 1. The second kappa shape index (κ2) is 5.25. The fourth-order valence-corrected chi connectivity index (χ4v) is 2.32. The highest BCUT2D eigenvalue weighted by Crippen LogP contribution is 2.21. The Balaban J connectivity index is 1.93. The largest absolute Gasteiger partial charge is 0.481 e. The summed E-state index contributed by atoms with van der Waals surface area (Å²) in [7, 11) is 0. The Hall–Kier alpha value is -1.78. The van der Waals surface area contributed by atoms with Crippen molar-refractivity contribution in [3.8, 4) is 0 Å². The number of aryl methyl sites for hydroxylation is 1. The summed E-state index contributed by atoms with van der Waals surface area (Å²) in [5.41, 5.74) is 0.700. The van der Waals surface area contributed by atoms with Gasteiger partial charge < -0.3 is 14.6 Å². The van der Waals surface area contributed by atoms with Crippen LogP contribution in [0.1, 0.15) is 30.3 Å². The van der Waals surface area contributed by atoms with Crippen molar-refractivity contribution in [1.82, 2.24) is 9.47 Å². The first-order chi connectivity index (χ1) is 8.61. The summed E-state index contributed by atoms with van der Waals surface area (Å²) >= 11 is 0. The number of carbonyl (C=O) groups excluding carboxylic acids is 1. The molecule has 0 saturated carbocycles. The van der Waals surface area contributed by atoms with Gasteiger partial charge in [-0.2, -0.15) is 0 Å². The number of amides is 1. The summed E-state index contributed by atoms with van der Waals surface area (Å²) in [6.07, 6.45) is 3.04. The van der Waals surface area contributed by atoms with Crippen molar-refractivity contribution in [1.29, 1.82) is 0 Å². The Morgan fingerprint density at radius 2 is 2.17 bits per heavy atom. The van der Waals surface area contributed by atoms with Crippen LogP contribution in [0.25, 0.3) is 0 Å². The Morgan fingerprint density at radius 3 is 2.78 bits per heavy atom. The van der Waals surface area contributed by atoms with Crippen LogP contribution in [0.15, 0.2) is 18.3 Å². The van der Waals surface area contributed by atoms with Gasteiger partial charge in [0.2, 0.25) is 0 Å². The van der Waals surface area contributed by atoms with Crippen molar-refractivity contribution in [2.75, 3.05) is 13.1 Å². The summed E-state index contributed by atoms with van der Waals surface area (Å²) in [5, 5.41) is 8.66. The third-order valence-corrected chi connectivity index (χ3v) is 3.22. The Labute approximate surface area is 106 Å². The number of hydrogen-bond acceptors (Lipinski definition) is 2. The lowest BCUT2D eigenvalue weighted by Crippen LogP contribution is -2.51. The number of carbonyl (C=O) groups is 2. The standard InChI is InChI=1S/C13H18N2O3/c1-2-5-14-6-3-4-11(14)13(18)15-8-10(9-15)7-12(16)17/h3-4,6,10H,2,5,7-9H2,1H3,(H,16,17). The molecule has 1 aromatic rings. The van der Waals surface area contributed by atoms with E-state index in [2.05, 4.69) is 6.92 Å². The van der Waals surface area contributed by atoms with Crippen molar-refractivity contribution in [3.05, 3.63) is 24.0 Å². The van der Waals surface area contributed by atoms with E-state index in [0.717, 1.165) is 13.0 Å². The van der Waals surface area contributed by atoms with Gasteiger partial charge >= 0.3 is 5.97 Å². The minimum absolute atomic E-state index is 0.00934. The molecule has 0 spiro atoms. The van der Waals surface area contributed by atoms with Crippen LogP contribution in [0.2, 0.25) is 0 Å². The van der Waals surface area contributed by atoms with Crippen LogP contribution in [0.3, 0.4) is 0 Å². The first-order valence-corrected chi connectivity index (χ1v) is 6.28. The minimum Gasteiger partial charge on any atom is -0.481 e. The third kappa shape index (κ3) is 2.55. The fourth-order valence-electron chi connectivity index (χ4n) is 2.32. The fraction of sp³-hybridized carbons (Fsp3) is 0.538. The quantitative estimate of drug-likeness (QED) is 0.860. The van der Waals surface area contributed by atoms with Crippen molar-refractivity contribution >= 4 is 11.9 Å². The molecule has 0 atom stereocenters. The van der Waals surface area contributed by atoms with E-state index in [1.807, 2.05) is 22.9 Å². The number of likely N-dealkylation sites (tertiary alicyclic amines) is 1. The highest BCUT2D eigenvalue weighted by atomic mass is 16.4. The zero-order valence-corrected chi connectivity index (χ0v) is 10.5. The molecule has 0 aromatic carbocycles. The molecular formula is C13H18N2O3. The van der Waals surface area contributed by atoms with Crippen LogP contribution < -0.4 is 0 Å². The van der Waals surface area contributed by atoms with Gasteiger partial charge in [-0.15, -0.1) is 0 Å². The molecular weight excluding hydrogens is 232 g/mol. The van der Waals surface area contributed by atoms with Gasteiger partial charge in [0, 0.05) is 31.7 Å². The van der Waals surface area contributed by atoms with Crippen LogP contribution in [0, 0.1) is 5.92 Å². The molecule has 1 aromatic heterocycles. The van der Waals surface area contributed by atoms with Gasteiger partial charge in [0.15, 0.2) is 0 Å². The van der Waals surface area contributed by atoms with Gasteiger partial charge in [-0.05, 0) is 18.6 Å². The summed E-state index contributed by atoms with van der Waals surface area (Å²) in [6.45, 7) is 4.02. The maximum Gasteiger partial charge on any atom is 0.303 e. The summed E-state index contributed by atoms with van der Waals surface area (Å²) in [5.74, 6) is -0.669. The zero-order valence-electron chi connectivity index (χ0n) is 10.5. The number of rotatable bonds is 5. The summed E-state index contributed by atoms with van der Waals surface area (Å²) in [6, 6.07) is 3.69. The normalized spacial score (nSPS) is 15.5. The maximum absolute atomic E-state index is 12.2. The lowest BCUT2D eigenvalue weighted by molar-refractivity contribution is -0.139. The SMILES string of the molecule is CCCn1cccc1C(=O)N1CC(CC(=O)O)C1. The molecule has 1 aliphatic rings. The monoisotopic (exact) mass is 250 g/mol. The molecule has 98 valence electrons. The van der Waals surface area contributed by atoms with Crippen molar-refractivity contribution in [2.24, 2.45) is 5.92 Å². The van der Waals surface area contributed by atoms with Gasteiger partial charge in [-0.3, -0.25) is 9.59 Å². The Kier molecular flexibility index (Phi) is 3.69. The van der Waals surface area contributed by atoms with E-state index < -0.39 is 5.97 Å². The number of carboxylic acid groups (broad SMARTS) is 1. The van der Waals surface area contributed by atoms with E-state index in [-0.39, 0.29) is 18.2 Å². The predicted octanol–water partition coefficient (Wildman–Crippen LogP) is 1.44. The van der Waals surface area contributed by atoms with E-state index in [1.165, 1.54) is 0 Å². The number of nitrogens with zero attached hydrogens (tertiary/aromatic N) is 2. The molecule has 1 fully saturated rings. The van der Waals surface area contributed by atoms with E-state index in [9.17, 15) is 9.59 Å². The molecule has 0 radical (unpaired) electrons. The Morgan fingerprint density at radius 1 is 1.44 bits per heavy atom. The lowest BCUT2D eigenvalue weighted by Gasteiger charge is -2.38. The molecule has 1 aliphatic heterocycles. The third-order valence-electron chi connectivity index (χ3n) is 3.22. The van der Waals surface area contributed by atoms with E-state index in [0.29, 0.717) is 18.8 Å². The molecule has 1 saturated heterocycles. The highest BCUT2D eigenvalue weighted by molar-refractivity contribution is 5.93. The van der Waals surface area contributed by atoms with Gasteiger partial charge in [-0.25, -0.2) is 0 Å². The van der Waals surface area contributed by atoms with Crippen molar-refractivity contribution in [2.45, 2.75) is 26.3 Å². The second-order valence-corrected chi connectivity index (χ2v) is 4.76. The molecule has 5 nitrogen and oxygen atoms in total. The van der Waals surface area contributed by atoms with Gasteiger partial charge in [0.05, 0.1) is 6.42 Å². The molecule has 2 rings (SSSR count). The molecule has 2 heterocycles. The van der Waals surface area contributed by atoms with Crippen LogP contribution in [0.4, 0.5) is 0 Å². The van der Waals surface area contributed by atoms with Crippen LogP contribution in [-0.2, 0) is 11.3 Å². The van der Waals surface area contributed by atoms with Gasteiger partial charge in [0.1, 0.15) is 5.69 Å². The molecule has 1 amide bonds. The van der Waals surface area contributed by atoms with Crippen molar-refractivity contribution in [3.63, 3.8) is 0 Å².